The van der Waals surface area contributed by atoms with Crippen molar-refractivity contribution in [2.24, 2.45) is 5.92 Å². The van der Waals surface area contributed by atoms with Gasteiger partial charge in [-0.1, -0.05) is 18.5 Å². The fraction of sp³-hybridized carbons (Fsp3) is 0.562. The number of hydrogen-bond donors (Lipinski definition) is 0. The summed E-state index contributed by atoms with van der Waals surface area (Å²) < 4.78 is 0. The third-order valence-corrected chi connectivity index (χ3v) is 4.38. The van der Waals surface area contributed by atoms with Crippen molar-refractivity contribution >= 4 is 17.4 Å². The van der Waals surface area contributed by atoms with Gasteiger partial charge < -0.3 is 9.80 Å². The first-order valence-corrected chi connectivity index (χ1v) is 7.52. The van der Waals surface area contributed by atoms with Gasteiger partial charge in [-0.2, -0.15) is 0 Å². The van der Waals surface area contributed by atoms with Crippen molar-refractivity contribution < 1.29 is 4.79 Å². The smallest absolute Gasteiger partial charge is 0.164 e. The van der Waals surface area contributed by atoms with Crippen LogP contribution < -0.4 is 0 Å². The Labute approximate surface area is 126 Å². The van der Waals surface area contributed by atoms with Crippen molar-refractivity contribution in [3.8, 4) is 0 Å². The minimum absolute atomic E-state index is 0.197. The van der Waals surface area contributed by atoms with Gasteiger partial charge in [0, 0.05) is 42.7 Å². The standard InChI is InChI=1S/C16H23ClN2O/c1-12-10-19(11-15(12)18(2)3)9-8-16(20)13-4-6-14(17)7-5-13/h4-7,12,15H,8-11H2,1-3H3. The van der Waals surface area contributed by atoms with Crippen LogP contribution in [0.3, 0.4) is 0 Å². The molecule has 1 fully saturated rings. The van der Waals surface area contributed by atoms with Crippen LogP contribution in [-0.2, 0) is 0 Å². The first kappa shape index (κ1) is 15.5. The fourth-order valence-corrected chi connectivity index (χ4v) is 3.07. The zero-order valence-corrected chi connectivity index (χ0v) is 13.2. The Morgan fingerprint density at radius 1 is 1.30 bits per heavy atom. The van der Waals surface area contributed by atoms with Gasteiger partial charge in [0.1, 0.15) is 0 Å². The molecule has 4 heteroatoms. The van der Waals surface area contributed by atoms with Gasteiger partial charge in [0.2, 0.25) is 0 Å². The van der Waals surface area contributed by atoms with E-state index in [0.717, 1.165) is 25.2 Å². The second-order valence-electron chi connectivity index (χ2n) is 5.95. The number of likely N-dealkylation sites (N-methyl/N-ethyl adjacent to an activating group) is 1. The molecule has 0 saturated carbocycles. The van der Waals surface area contributed by atoms with Crippen LogP contribution in [0.2, 0.25) is 5.02 Å². The number of nitrogens with zero attached hydrogens (tertiary/aromatic N) is 2. The minimum atomic E-state index is 0.197. The quantitative estimate of drug-likeness (QED) is 0.780. The van der Waals surface area contributed by atoms with E-state index in [9.17, 15) is 4.79 Å². The first-order valence-electron chi connectivity index (χ1n) is 7.15. The van der Waals surface area contributed by atoms with Gasteiger partial charge in [-0.25, -0.2) is 0 Å². The van der Waals surface area contributed by atoms with E-state index in [1.165, 1.54) is 0 Å². The van der Waals surface area contributed by atoms with Crippen LogP contribution >= 0.6 is 11.6 Å². The second-order valence-corrected chi connectivity index (χ2v) is 6.38. The van der Waals surface area contributed by atoms with E-state index >= 15 is 0 Å². The van der Waals surface area contributed by atoms with E-state index in [0.29, 0.717) is 23.4 Å². The number of halogens is 1. The Balaban J connectivity index is 1.84. The van der Waals surface area contributed by atoms with Crippen molar-refractivity contribution in [1.29, 1.82) is 0 Å². The molecule has 0 N–H and O–H groups in total. The highest BCUT2D eigenvalue weighted by atomic mass is 35.5. The number of carbonyl (C=O) groups is 1. The molecule has 110 valence electrons. The number of benzene rings is 1. The summed E-state index contributed by atoms with van der Waals surface area (Å²) in [6.07, 6.45) is 0.578. The van der Waals surface area contributed by atoms with Gasteiger partial charge in [0.05, 0.1) is 0 Å². The van der Waals surface area contributed by atoms with E-state index in [1.54, 1.807) is 24.3 Å². The van der Waals surface area contributed by atoms with Gasteiger partial charge in [-0.15, -0.1) is 0 Å². The molecule has 20 heavy (non-hydrogen) atoms. The van der Waals surface area contributed by atoms with E-state index in [2.05, 4.69) is 30.8 Å². The summed E-state index contributed by atoms with van der Waals surface area (Å²) in [6, 6.07) is 7.75. The van der Waals surface area contributed by atoms with Gasteiger partial charge in [0.25, 0.3) is 0 Å². The molecule has 2 unspecified atom stereocenters. The maximum Gasteiger partial charge on any atom is 0.164 e. The normalized spacial score (nSPS) is 23.4. The van der Waals surface area contributed by atoms with Crippen LogP contribution in [0.25, 0.3) is 0 Å². The molecule has 0 radical (unpaired) electrons. The van der Waals surface area contributed by atoms with Crippen LogP contribution in [0, 0.1) is 5.92 Å². The van der Waals surface area contributed by atoms with Crippen LogP contribution in [0.4, 0.5) is 0 Å². The Kier molecular flexibility index (Phi) is 5.19. The van der Waals surface area contributed by atoms with Crippen LogP contribution in [0.15, 0.2) is 24.3 Å². The molecule has 1 aromatic rings. The average Bonchev–Trinajstić information content (AvgIpc) is 2.78. The van der Waals surface area contributed by atoms with Crippen molar-refractivity contribution in [2.75, 3.05) is 33.7 Å². The Bertz CT molecular complexity index is 458. The largest absolute Gasteiger partial charge is 0.305 e. The molecular formula is C16H23ClN2O. The monoisotopic (exact) mass is 294 g/mol. The number of carbonyl (C=O) groups excluding carboxylic acids is 1. The van der Waals surface area contributed by atoms with E-state index in [-0.39, 0.29) is 5.78 Å². The maximum absolute atomic E-state index is 12.1. The Morgan fingerprint density at radius 2 is 1.95 bits per heavy atom. The third kappa shape index (κ3) is 3.81. The van der Waals surface area contributed by atoms with E-state index < -0.39 is 0 Å². The Hall–Kier alpha value is -0.900. The number of likely N-dealkylation sites (tertiary alicyclic amines) is 1. The lowest BCUT2D eigenvalue weighted by Gasteiger charge is -2.22. The molecule has 0 aromatic heterocycles. The first-order chi connectivity index (χ1) is 9.47. The molecule has 0 spiro atoms. The summed E-state index contributed by atoms with van der Waals surface area (Å²) in [5.41, 5.74) is 0.755. The number of Topliss-reactive ketones (excluding diaryl/α,β-unsaturated/α-hetero) is 1. The molecule has 1 saturated heterocycles. The predicted molar refractivity (Wildman–Crippen MR) is 83.5 cm³/mol. The van der Waals surface area contributed by atoms with Gasteiger partial charge >= 0.3 is 0 Å². The summed E-state index contributed by atoms with van der Waals surface area (Å²) in [4.78, 5) is 16.8. The SMILES string of the molecule is CC1CN(CCC(=O)c2ccc(Cl)cc2)CC1N(C)C. The highest BCUT2D eigenvalue weighted by molar-refractivity contribution is 6.30. The highest BCUT2D eigenvalue weighted by Crippen LogP contribution is 2.20. The van der Waals surface area contributed by atoms with Crippen LogP contribution in [-0.4, -0.2) is 55.4 Å². The molecular weight excluding hydrogens is 272 g/mol. The lowest BCUT2D eigenvalue weighted by molar-refractivity contribution is 0.0967. The van der Waals surface area contributed by atoms with Crippen LogP contribution in [0.1, 0.15) is 23.7 Å². The lowest BCUT2D eigenvalue weighted by Crippen LogP contribution is -2.34. The van der Waals surface area contributed by atoms with Gasteiger partial charge in [0.15, 0.2) is 5.78 Å². The van der Waals surface area contributed by atoms with Gasteiger partial charge in [-0.3, -0.25) is 4.79 Å². The summed E-state index contributed by atoms with van der Waals surface area (Å²) >= 11 is 5.83. The fourth-order valence-electron chi connectivity index (χ4n) is 2.94. The van der Waals surface area contributed by atoms with Crippen molar-refractivity contribution in [2.45, 2.75) is 19.4 Å². The third-order valence-electron chi connectivity index (χ3n) is 4.13. The molecule has 0 bridgehead atoms. The minimum Gasteiger partial charge on any atom is -0.305 e. The van der Waals surface area contributed by atoms with Crippen molar-refractivity contribution in [1.82, 2.24) is 9.80 Å². The van der Waals surface area contributed by atoms with E-state index in [1.807, 2.05) is 0 Å². The predicted octanol–water partition coefficient (Wildman–Crippen LogP) is 2.79. The molecule has 2 rings (SSSR count). The lowest BCUT2D eigenvalue weighted by atomic mass is 10.1. The molecule has 1 heterocycles. The summed E-state index contributed by atoms with van der Waals surface area (Å²) in [5.74, 6) is 0.859. The molecule has 1 aromatic carbocycles. The second kappa shape index (κ2) is 6.70. The summed E-state index contributed by atoms with van der Waals surface area (Å²) in [7, 11) is 4.26. The zero-order valence-electron chi connectivity index (χ0n) is 12.5. The zero-order chi connectivity index (χ0) is 14.7. The molecule has 1 aliphatic heterocycles. The van der Waals surface area contributed by atoms with Gasteiger partial charge in [-0.05, 0) is 44.3 Å². The summed E-state index contributed by atoms with van der Waals surface area (Å²) in [5, 5.41) is 0.670. The average molecular weight is 295 g/mol. The topological polar surface area (TPSA) is 23.6 Å². The molecule has 0 amide bonds. The molecule has 3 nitrogen and oxygen atoms in total. The summed E-state index contributed by atoms with van der Waals surface area (Å²) in [6.45, 7) is 5.26. The maximum atomic E-state index is 12.1. The molecule has 1 aliphatic rings. The molecule has 0 aliphatic carbocycles. The molecule has 2 atom stereocenters. The van der Waals surface area contributed by atoms with Crippen molar-refractivity contribution in [3.05, 3.63) is 34.9 Å². The Morgan fingerprint density at radius 3 is 2.50 bits per heavy atom. The number of ketones is 1. The number of hydrogen-bond acceptors (Lipinski definition) is 3. The highest BCUT2D eigenvalue weighted by Gasteiger charge is 2.30. The van der Waals surface area contributed by atoms with Crippen LogP contribution in [0.5, 0.6) is 0 Å². The number of rotatable bonds is 5. The van der Waals surface area contributed by atoms with Crippen molar-refractivity contribution in [3.63, 3.8) is 0 Å². The van der Waals surface area contributed by atoms with E-state index in [4.69, 9.17) is 11.6 Å².